The van der Waals surface area contributed by atoms with Gasteiger partial charge in [0.25, 0.3) is 0 Å². The fourth-order valence-electron chi connectivity index (χ4n) is 3.14. The van der Waals surface area contributed by atoms with Crippen LogP contribution in [-0.2, 0) is 19.1 Å². The van der Waals surface area contributed by atoms with Gasteiger partial charge in [-0.15, -0.1) is 11.8 Å². The van der Waals surface area contributed by atoms with E-state index in [2.05, 4.69) is 11.1 Å². The summed E-state index contributed by atoms with van der Waals surface area (Å²) in [6.45, 7) is 0. The zero-order valence-electron chi connectivity index (χ0n) is 16.5. The summed E-state index contributed by atoms with van der Waals surface area (Å²) in [5.41, 5.74) is 1.96. The van der Waals surface area contributed by atoms with Gasteiger partial charge < -0.3 is 19.2 Å². The highest BCUT2D eigenvalue weighted by Crippen LogP contribution is 2.41. The Morgan fingerprint density at radius 3 is 2.34 bits per heavy atom. The lowest BCUT2D eigenvalue weighted by Gasteiger charge is -2.21. The molecular weight excluding hydrogens is 390 g/mol. The molecule has 0 saturated heterocycles. The SMILES string of the molecule is COC(=O)C(CC(Sc1cc2ccccc2[nH]1)c1cccc(OC)c1)C(=O)OC. The smallest absolute Gasteiger partial charge is 0.320 e. The summed E-state index contributed by atoms with van der Waals surface area (Å²) in [7, 11) is 4.14. The van der Waals surface area contributed by atoms with Gasteiger partial charge in [-0.2, -0.15) is 0 Å². The lowest BCUT2D eigenvalue weighted by Crippen LogP contribution is -2.27. The van der Waals surface area contributed by atoms with Crippen LogP contribution in [0.25, 0.3) is 10.9 Å². The molecule has 0 aliphatic rings. The number of benzene rings is 2. The highest BCUT2D eigenvalue weighted by Gasteiger charge is 2.33. The molecule has 0 aliphatic carbocycles. The second kappa shape index (κ2) is 9.52. The summed E-state index contributed by atoms with van der Waals surface area (Å²) >= 11 is 1.54. The number of nitrogens with one attached hydrogen (secondary N) is 1. The first-order valence-corrected chi connectivity index (χ1v) is 9.97. The predicted octanol–water partition coefficient (Wildman–Crippen LogP) is 4.36. The summed E-state index contributed by atoms with van der Waals surface area (Å²) in [6.07, 6.45) is 0.229. The number of hydrogen-bond donors (Lipinski definition) is 1. The van der Waals surface area contributed by atoms with Gasteiger partial charge in [-0.25, -0.2) is 0 Å². The van der Waals surface area contributed by atoms with E-state index in [1.54, 1.807) is 18.9 Å². The molecule has 1 heterocycles. The van der Waals surface area contributed by atoms with E-state index in [1.165, 1.54) is 14.2 Å². The number of methoxy groups -OCH3 is 3. The van der Waals surface area contributed by atoms with Crippen molar-refractivity contribution in [3.63, 3.8) is 0 Å². The quantitative estimate of drug-likeness (QED) is 0.336. The van der Waals surface area contributed by atoms with Crippen molar-refractivity contribution in [2.75, 3.05) is 21.3 Å². The van der Waals surface area contributed by atoms with E-state index in [-0.39, 0.29) is 11.7 Å². The lowest BCUT2D eigenvalue weighted by molar-refractivity contribution is -0.159. The molecule has 1 unspecified atom stereocenters. The predicted molar refractivity (Wildman–Crippen MR) is 112 cm³/mol. The summed E-state index contributed by atoms with van der Waals surface area (Å²) in [6, 6.07) is 17.6. The first-order chi connectivity index (χ1) is 14.0. The number of esters is 2. The largest absolute Gasteiger partial charge is 0.497 e. The molecule has 1 atom stereocenters. The topological polar surface area (TPSA) is 77.6 Å². The van der Waals surface area contributed by atoms with Crippen LogP contribution in [0.2, 0.25) is 0 Å². The second-order valence-electron chi connectivity index (χ2n) is 6.44. The van der Waals surface area contributed by atoms with Crippen molar-refractivity contribution in [2.45, 2.75) is 16.7 Å². The molecule has 0 spiro atoms. The number of ether oxygens (including phenoxy) is 3. The Kier molecular flexibility index (Phi) is 6.82. The van der Waals surface area contributed by atoms with E-state index in [1.807, 2.05) is 48.5 Å². The molecule has 29 heavy (non-hydrogen) atoms. The monoisotopic (exact) mass is 413 g/mol. The fourth-order valence-corrected chi connectivity index (χ4v) is 4.39. The van der Waals surface area contributed by atoms with Crippen LogP contribution in [0.15, 0.2) is 59.6 Å². The van der Waals surface area contributed by atoms with E-state index in [0.29, 0.717) is 5.75 Å². The first-order valence-electron chi connectivity index (χ1n) is 9.09. The van der Waals surface area contributed by atoms with Crippen molar-refractivity contribution in [1.29, 1.82) is 0 Å². The van der Waals surface area contributed by atoms with Gasteiger partial charge in [0.1, 0.15) is 5.75 Å². The minimum Gasteiger partial charge on any atom is -0.497 e. The minimum absolute atomic E-state index is 0.207. The molecule has 1 N–H and O–H groups in total. The van der Waals surface area contributed by atoms with Crippen LogP contribution >= 0.6 is 11.8 Å². The third-order valence-corrected chi connectivity index (χ3v) is 5.88. The molecular formula is C22H23NO5S. The van der Waals surface area contributed by atoms with E-state index in [9.17, 15) is 9.59 Å². The summed E-state index contributed by atoms with van der Waals surface area (Å²) in [4.78, 5) is 27.8. The number of aromatic nitrogens is 1. The van der Waals surface area contributed by atoms with Gasteiger partial charge in [-0.05, 0) is 36.2 Å². The fraction of sp³-hybridized carbons (Fsp3) is 0.273. The molecule has 2 aromatic carbocycles. The first kappa shape index (κ1) is 20.8. The van der Waals surface area contributed by atoms with Crippen LogP contribution in [0.5, 0.6) is 5.75 Å². The number of carbonyl (C=O) groups is 2. The molecule has 6 nitrogen and oxygen atoms in total. The molecule has 0 fully saturated rings. The highest BCUT2D eigenvalue weighted by atomic mass is 32.2. The van der Waals surface area contributed by atoms with Crippen molar-refractivity contribution in [1.82, 2.24) is 4.98 Å². The Balaban J connectivity index is 1.95. The summed E-state index contributed by atoms with van der Waals surface area (Å²) in [5, 5.41) is 1.82. The third kappa shape index (κ3) is 4.92. The standard InChI is InChI=1S/C22H23NO5S/c1-26-16-9-6-8-15(11-16)19(13-17(21(24)27-2)22(25)28-3)29-20-12-14-7-4-5-10-18(14)23-20/h4-12,17,19,23H,13H2,1-3H3. The molecule has 0 amide bonds. The van der Waals surface area contributed by atoms with Crippen molar-refractivity contribution < 1.29 is 23.8 Å². The second-order valence-corrected chi connectivity index (χ2v) is 7.68. The number of rotatable bonds is 8. The number of thioether (sulfide) groups is 1. The molecule has 0 radical (unpaired) electrons. The Morgan fingerprint density at radius 1 is 0.966 bits per heavy atom. The average Bonchev–Trinajstić information content (AvgIpc) is 3.18. The zero-order chi connectivity index (χ0) is 20.8. The van der Waals surface area contributed by atoms with Gasteiger partial charge in [0.2, 0.25) is 0 Å². The van der Waals surface area contributed by atoms with Crippen LogP contribution in [0.4, 0.5) is 0 Å². The molecule has 1 aromatic heterocycles. The van der Waals surface area contributed by atoms with Crippen molar-refractivity contribution in [2.24, 2.45) is 5.92 Å². The molecule has 0 aliphatic heterocycles. The summed E-state index contributed by atoms with van der Waals surface area (Å²) in [5.74, 6) is -1.53. The number of para-hydroxylation sites is 1. The Morgan fingerprint density at radius 2 is 1.69 bits per heavy atom. The van der Waals surface area contributed by atoms with E-state index in [4.69, 9.17) is 14.2 Å². The number of H-pyrrole nitrogens is 1. The lowest BCUT2D eigenvalue weighted by atomic mass is 9.99. The molecule has 7 heteroatoms. The van der Waals surface area contributed by atoms with Crippen LogP contribution in [-0.4, -0.2) is 38.3 Å². The number of carbonyl (C=O) groups excluding carboxylic acids is 2. The number of aromatic amines is 1. The van der Waals surface area contributed by atoms with Crippen LogP contribution in [0, 0.1) is 5.92 Å². The maximum absolute atomic E-state index is 12.2. The normalized spacial score (nSPS) is 12.0. The average molecular weight is 413 g/mol. The molecule has 0 bridgehead atoms. The van der Waals surface area contributed by atoms with E-state index >= 15 is 0 Å². The molecule has 152 valence electrons. The van der Waals surface area contributed by atoms with Crippen LogP contribution in [0.3, 0.4) is 0 Å². The minimum atomic E-state index is -1.02. The molecule has 0 saturated carbocycles. The van der Waals surface area contributed by atoms with Crippen molar-refractivity contribution in [3.8, 4) is 5.75 Å². The Bertz CT molecular complexity index is 951. The van der Waals surface area contributed by atoms with Crippen LogP contribution in [0.1, 0.15) is 17.2 Å². The van der Waals surface area contributed by atoms with Gasteiger partial charge in [0.15, 0.2) is 5.92 Å². The number of fused-ring (bicyclic) bond motifs is 1. The number of hydrogen-bond acceptors (Lipinski definition) is 6. The van der Waals surface area contributed by atoms with Gasteiger partial charge in [0, 0.05) is 16.2 Å². The van der Waals surface area contributed by atoms with Crippen molar-refractivity contribution in [3.05, 3.63) is 60.2 Å². The Hall–Kier alpha value is -2.93. The third-order valence-electron chi connectivity index (χ3n) is 4.66. The van der Waals surface area contributed by atoms with Gasteiger partial charge >= 0.3 is 11.9 Å². The zero-order valence-corrected chi connectivity index (χ0v) is 17.3. The van der Waals surface area contributed by atoms with Gasteiger partial charge in [-0.1, -0.05) is 30.3 Å². The molecule has 3 rings (SSSR count). The van der Waals surface area contributed by atoms with Gasteiger partial charge in [0.05, 0.1) is 26.4 Å². The van der Waals surface area contributed by atoms with Crippen LogP contribution < -0.4 is 4.74 Å². The maximum atomic E-state index is 12.2. The highest BCUT2D eigenvalue weighted by molar-refractivity contribution is 7.99. The van der Waals surface area contributed by atoms with Gasteiger partial charge in [-0.3, -0.25) is 9.59 Å². The Labute approximate surface area is 173 Å². The summed E-state index contributed by atoms with van der Waals surface area (Å²) < 4.78 is 15.0. The molecule has 3 aromatic rings. The van der Waals surface area contributed by atoms with E-state index < -0.39 is 17.9 Å². The maximum Gasteiger partial charge on any atom is 0.320 e. The van der Waals surface area contributed by atoms with E-state index in [0.717, 1.165) is 21.5 Å². The van der Waals surface area contributed by atoms with Crippen molar-refractivity contribution >= 4 is 34.6 Å².